The lowest BCUT2D eigenvalue weighted by atomic mass is 10.1. The summed E-state index contributed by atoms with van der Waals surface area (Å²) in [7, 11) is 0. The second-order valence-electron chi connectivity index (χ2n) is 4.81. The summed E-state index contributed by atoms with van der Waals surface area (Å²) in [6.45, 7) is 5.56. The summed E-state index contributed by atoms with van der Waals surface area (Å²) in [6, 6.07) is 0. The maximum absolute atomic E-state index is 9.63. The molecule has 1 aliphatic rings. The minimum Gasteiger partial charge on any atom is -0.391 e. The maximum Gasteiger partial charge on any atom is 0.225 e. The number of anilines is 1. The van der Waals surface area contributed by atoms with Crippen molar-refractivity contribution < 1.29 is 5.11 Å². The third kappa shape index (κ3) is 3.65. The number of nitrogens with one attached hydrogen (secondary N) is 1. The standard InChI is InChI=1S/C13H22N4O/c1-2-5-14-7-11-8-15-13(16-9-11)17-6-3-4-12(18)10-17/h8-9,12,14,18H,2-7,10H2,1H3. The van der Waals surface area contributed by atoms with Crippen LogP contribution in [-0.2, 0) is 6.54 Å². The molecule has 2 heterocycles. The highest BCUT2D eigenvalue weighted by Gasteiger charge is 2.19. The molecule has 0 radical (unpaired) electrons. The predicted octanol–water partition coefficient (Wildman–Crippen LogP) is 0.937. The number of hydrogen-bond donors (Lipinski definition) is 2. The van der Waals surface area contributed by atoms with E-state index >= 15 is 0 Å². The molecule has 1 aliphatic heterocycles. The zero-order chi connectivity index (χ0) is 12.8. The molecule has 0 saturated carbocycles. The Hall–Kier alpha value is -1.20. The van der Waals surface area contributed by atoms with Crippen molar-refractivity contribution >= 4 is 5.95 Å². The summed E-state index contributed by atoms with van der Waals surface area (Å²) in [5.41, 5.74) is 1.10. The highest BCUT2D eigenvalue weighted by Crippen LogP contribution is 2.15. The number of β-amino-alcohol motifs (C(OH)–C–C–N with tert-alkyl or cyclic N) is 1. The molecule has 5 nitrogen and oxygen atoms in total. The van der Waals surface area contributed by atoms with Crippen molar-refractivity contribution in [1.82, 2.24) is 15.3 Å². The van der Waals surface area contributed by atoms with Crippen molar-refractivity contribution in [3.05, 3.63) is 18.0 Å². The van der Waals surface area contributed by atoms with E-state index in [1.165, 1.54) is 0 Å². The van der Waals surface area contributed by atoms with Crippen molar-refractivity contribution in [2.45, 2.75) is 38.8 Å². The van der Waals surface area contributed by atoms with Crippen LogP contribution in [0.25, 0.3) is 0 Å². The SMILES string of the molecule is CCCNCc1cnc(N2CCCC(O)C2)nc1. The first-order valence-electron chi connectivity index (χ1n) is 6.74. The molecular formula is C13H22N4O. The second kappa shape index (κ2) is 6.66. The van der Waals surface area contributed by atoms with E-state index in [-0.39, 0.29) is 6.10 Å². The molecule has 1 atom stereocenters. The topological polar surface area (TPSA) is 61.3 Å². The van der Waals surface area contributed by atoms with Crippen molar-refractivity contribution in [2.24, 2.45) is 0 Å². The average molecular weight is 250 g/mol. The molecule has 0 aromatic carbocycles. The fourth-order valence-corrected chi connectivity index (χ4v) is 2.15. The minimum absolute atomic E-state index is 0.242. The molecule has 1 unspecified atom stereocenters. The first kappa shape index (κ1) is 13.2. The zero-order valence-electron chi connectivity index (χ0n) is 11.0. The molecule has 1 fully saturated rings. The van der Waals surface area contributed by atoms with Gasteiger partial charge in [-0.3, -0.25) is 0 Å². The summed E-state index contributed by atoms with van der Waals surface area (Å²) in [5, 5.41) is 13.0. The minimum atomic E-state index is -0.242. The molecule has 1 aromatic heterocycles. The van der Waals surface area contributed by atoms with Crippen LogP contribution in [0.5, 0.6) is 0 Å². The van der Waals surface area contributed by atoms with Gasteiger partial charge in [-0.15, -0.1) is 0 Å². The third-order valence-electron chi connectivity index (χ3n) is 3.13. The molecule has 5 heteroatoms. The molecule has 0 bridgehead atoms. The number of hydrogen-bond acceptors (Lipinski definition) is 5. The lowest BCUT2D eigenvalue weighted by molar-refractivity contribution is 0.153. The van der Waals surface area contributed by atoms with E-state index in [0.717, 1.165) is 50.4 Å². The normalized spacial score (nSPS) is 20.1. The fraction of sp³-hybridized carbons (Fsp3) is 0.692. The number of piperidine rings is 1. The van der Waals surface area contributed by atoms with Crippen LogP contribution in [0.4, 0.5) is 5.95 Å². The molecule has 1 saturated heterocycles. The van der Waals surface area contributed by atoms with Crippen molar-refractivity contribution in [2.75, 3.05) is 24.5 Å². The van der Waals surface area contributed by atoms with Crippen LogP contribution in [0.1, 0.15) is 31.7 Å². The molecule has 0 spiro atoms. The summed E-state index contributed by atoms with van der Waals surface area (Å²) in [4.78, 5) is 10.8. The van der Waals surface area contributed by atoms with Gasteiger partial charge in [-0.25, -0.2) is 9.97 Å². The van der Waals surface area contributed by atoms with Crippen molar-refractivity contribution in [3.8, 4) is 0 Å². The van der Waals surface area contributed by atoms with Crippen LogP contribution < -0.4 is 10.2 Å². The summed E-state index contributed by atoms with van der Waals surface area (Å²) in [5.74, 6) is 0.730. The molecular weight excluding hydrogens is 228 g/mol. The second-order valence-corrected chi connectivity index (χ2v) is 4.81. The van der Waals surface area contributed by atoms with E-state index in [1.807, 2.05) is 12.4 Å². The Kier molecular flexibility index (Phi) is 4.90. The largest absolute Gasteiger partial charge is 0.391 e. The maximum atomic E-state index is 9.63. The Morgan fingerprint density at radius 3 is 2.89 bits per heavy atom. The van der Waals surface area contributed by atoms with E-state index in [2.05, 4.69) is 27.1 Å². The first-order chi connectivity index (χ1) is 8.79. The molecule has 0 aliphatic carbocycles. The molecule has 0 amide bonds. The van der Waals surface area contributed by atoms with Crippen LogP contribution in [0, 0.1) is 0 Å². The van der Waals surface area contributed by atoms with Gasteiger partial charge >= 0.3 is 0 Å². The molecule has 2 rings (SSSR count). The fourth-order valence-electron chi connectivity index (χ4n) is 2.15. The number of aromatic nitrogens is 2. The van der Waals surface area contributed by atoms with E-state index < -0.39 is 0 Å². The Morgan fingerprint density at radius 2 is 2.22 bits per heavy atom. The third-order valence-corrected chi connectivity index (χ3v) is 3.13. The number of aliphatic hydroxyl groups is 1. The van der Waals surface area contributed by atoms with Gasteiger partial charge in [0.2, 0.25) is 5.95 Å². The number of aliphatic hydroxyl groups excluding tert-OH is 1. The van der Waals surface area contributed by atoms with E-state index in [0.29, 0.717) is 6.54 Å². The van der Waals surface area contributed by atoms with Gasteiger partial charge in [0.05, 0.1) is 6.10 Å². The van der Waals surface area contributed by atoms with Crippen LogP contribution >= 0.6 is 0 Å². The Bertz CT molecular complexity index is 355. The van der Waals surface area contributed by atoms with E-state index in [1.54, 1.807) is 0 Å². The van der Waals surface area contributed by atoms with Gasteiger partial charge in [0.15, 0.2) is 0 Å². The van der Waals surface area contributed by atoms with Gasteiger partial charge in [-0.2, -0.15) is 0 Å². The molecule has 1 aromatic rings. The van der Waals surface area contributed by atoms with Crippen LogP contribution in [0.3, 0.4) is 0 Å². The van der Waals surface area contributed by atoms with Gasteiger partial charge < -0.3 is 15.3 Å². The Balaban J connectivity index is 1.90. The summed E-state index contributed by atoms with van der Waals surface area (Å²) < 4.78 is 0. The summed E-state index contributed by atoms with van der Waals surface area (Å²) >= 11 is 0. The van der Waals surface area contributed by atoms with Gasteiger partial charge in [-0.05, 0) is 25.8 Å². The highest BCUT2D eigenvalue weighted by molar-refractivity contribution is 5.30. The smallest absolute Gasteiger partial charge is 0.225 e. The number of rotatable bonds is 5. The van der Waals surface area contributed by atoms with Crippen LogP contribution in [0.2, 0.25) is 0 Å². The van der Waals surface area contributed by atoms with E-state index in [9.17, 15) is 5.11 Å². The Labute approximate surface area is 108 Å². The Morgan fingerprint density at radius 1 is 1.44 bits per heavy atom. The monoisotopic (exact) mass is 250 g/mol. The van der Waals surface area contributed by atoms with Gasteiger partial charge in [0.25, 0.3) is 0 Å². The predicted molar refractivity (Wildman–Crippen MR) is 71.5 cm³/mol. The quantitative estimate of drug-likeness (QED) is 0.762. The van der Waals surface area contributed by atoms with Crippen LogP contribution in [0.15, 0.2) is 12.4 Å². The van der Waals surface area contributed by atoms with Gasteiger partial charge in [0, 0.05) is 37.6 Å². The number of nitrogens with zero attached hydrogens (tertiary/aromatic N) is 3. The highest BCUT2D eigenvalue weighted by atomic mass is 16.3. The summed E-state index contributed by atoms with van der Waals surface area (Å²) in [6.07, 6.45) is 6.51. The average Bonchev–Trinajstić information content (AvgIpc) is 2.40. The molecule has 18 heavy (non-hydrogen) atoms. The molecule has 2 N–H and O–H groups in total. The lowest BCUT2D eigenvalue weighted by Gasteiger charge is -2.29. The first-order valence-corrected chi connectivity index (χ1v) is 6.74. The van der Waals surface area contributed by atoms with Crippen molar-refractivity contribution in [3.63, 3.8) is 0 Å². The van der Waals surface area contributed by atoms with E-state index in [4.69, 9.17) is 0 Å². The zero-order valence-corrected chi connectivity index (χ0v) is 11.0. The van der Waals surface area contributed by atoms with Crippen molar-refractivity contribution in [1.29, 1.82) is 0 Å². The van der Waals surface area contributed by atoms with Gasteiger partial charge in [0.1, 0.15) is 0 Å². The van der Waals surface area contributed by atoms with Crippen LogP contribution in [-0.4, -0.2) is 40.8 Å². The van der Waals surface area contributed by atoms with Gasteiger partial charge in [-0.1, -0.05) is 6.92 Å². The lowest BCUT2D eigenvalue weighted by Crippen LogP contribution is -2.39. The molecule has 100 valence electrons.